The number of anilines is 1. The molecule has 1 unspecified atom stereocenters. The van der Waals surface area contributed by atoms with Gasteiger partial charge in [-0.3, -0.25) is 4.79 Å². The van der Waals surface area contributed by atoms with E-state index in [4.69, 9.17) is 10.5 Å². The molecule has 3 N–H and O–H groups in total. The van der Waals surface area contributed by atoms with Gasteiger partial charge in [-0.05, 0) is 49.8 Å². The summed E-state index contributed by atoms with van der Waals surface area (Å²) in [4.78, 5) is 14.8. The van der Waals surface area contributed by atoms with Gasteiger partial charge >= 0.3 is 0 Å². The van der Waals surface area contributed by atoms with E-state index in [1.54, 1.807) is 7.11 Å². The summed E-state index contributed by atoms with van der Waals surface area (Å²) < 4.78 is 5.46. The minimum absolute atomic E-state index is 0.127. The molecule has 0 aromatic heterocycles. The Morgan fingerprint density at radius 1 is 1.33 bits per heavy atom. The molecule has 0 radical (unpaired) electrons. The second kappa shape index (κ2) is 7.88. The molecule has 1 saturated heterocycles. The van der Waals surface area contributed by atoms with E-state index in [9.17, 15) is 4.79 Å². The highest BCUT2D eigenvalue weighted by atomic mass is 16.5. The first-order valence-electron chi connectivity index (χ1n) is 9.08. The molecule has 2 fully saturated rings. The minimum atomic E-state index is 0.127. The highest BCUT2D eigenvalue weighted by Crippen LogP contribution is 2.33. The lowest BCUT2D eigenvalue weighted by Crippen LogP contribution is -2.38. The van der Waals surface area contributed by atoms with Gasteiger partial charge in [-0.2, -0.15) is 0 Å². The number of nitrogens with one attached hydrogen (secondary N) is 1. The van der Waals surface area contributed by atoms with Crippen LogP contribution in [0.5, 0.6) is 5.75 Å². The zero-order valence-corrected chi connectivity index (χ0v) is 14.5. The van der Waals surface area contributed by atoms with Crippen molar-refractivity contribution in [2.24, 2.45) is 23.5 Å². The molecule has 1 aliphatic heterocycles. The van der Waals surface area contributed by atoms with Gasteiger partial charge in [-0.1, -0.05) is 18.6 Å². The Bertz CT molecular complexity index is 563. The first kappa shape index (κ1) is 17.1. The number of hydrogen-bond donors (Lipinski definition) is 2. The zero-order valence-electron chi connectivity index (χ0n) is 14.5. The molecule has 1 saturated carbocycles. The van der Waals surface area contributed by atoms with Crippen LogP contribution in [0, 0.1) is 17.8 Å². The van der Waals surface area contributed by atoms with Crippen LogP contribution in [0.3, 0.4) is 0 Å². The van der Waals surface area contributed by atoms with E-state index in [-0.39, 0.29) is 11.8 Å². The van der Waals surface area contributed by atoms with Crippen molar-refractivity contribution in [1.82, 2.24) is 5.32 Å². The standard InChI is InChI=1S/C19H29N3O2/c1-24-18-8-3-2-7-17(18)22-10-9-14(13-22)12-21-19(23)16-6-4-5-15(16)11-20/h2-3,7-8,14-16H,4-6,9-13,20H2,1H3,(H,21,23)/t14?,15-,16-/m1/s1. The Hall–Kier alpha value is -1.75. The molecule has 5 nitrogen and oxygen atoms in total. The van der Waals surface area contributed by atoms with Gasteiger partial charge in [0.05, 0.1) is 12.8 Å². The summed E-state index contributed by atoms with van der Waals surface area (Å²) in [6.07, 6.45) is 4.32. The summed E-state index contributed by atoms with van der Waals surface area (Å²) >= 11 is 0. The van der Waals surface area contributed by atoms with Crippen LogP contribution in [-0.4, -0.2) is 39.2 Å². The van der Waals surface area contributed by atoms with Crippen molar-refractivity contribution in [3.05, 3.63) is 24.3 Å². The van der Waals surface area contributed by atoms with Crippen molar-refractivity contribution in [3.63, 3.8) is 0 Å². The number of hydrogen-bond acceptors (Lipinski definition) is 4. The summed E-state index contributed by atoms with van der Waals surface area (Å²) in [5.74, 6) is 2.12. The fraction of sp³-hybridized carbons (Fsp3) is 0.632. The number of rotatable bonds is 6. The van der Waals surface area contributed by atoms with E-state index >= 15 is 0 Å². The summed E-state index contributed by atoms with van der Waals surface area (Å²) in [5.41, 5.74) is 6.94. The number of benzene rings is 1. The molecule has 132 valence electrons. The molecular formula is C19H29N3O2. The molecule has 3 rings (SSSR count). The molecule has 2 aliphatic rings. The van der Waals surface area contributed by atoms with Crippen LogP contribution in [0.1, 0.15) is 25.7 Å². The van der Waals surface area contributed by atoms with Crippen molar-refractivity contribution in [2.45, 2.75) is 25.7 Å². The maximum Gasteiger partial charge on any atom is 0.223 e. The van der Waals surface area contributed by atoms with E-state index in [1.165, 1.54) is 0 Å². The van der Waals surface area contributed by atoms with Gasteiger partial charge in [-0.15, -0.1) is 0 Å². The third-order valence-corrected chi connectivity index (χ3v) is 5.58. The van der Waals surface area contributed by atoms with Gasteiger partial charge in [0.15, 0.2) is 0 Å². The van der Waals surface area contributed by atoms with Crippen molar-refractivity contribution in [1.29, 1.82) is 0 Å². The highest BCUT2D eigenvalue weighted by molar-refractivity contribution is 5.79. The van der Waals surface area contributed by atoms with Crippen LogP contribution < -0.4 is 20.7 Å². The molecule has 24 heavy (non-hydrogen) atoms. The molecule has 3 atom stereocenters. The van der Waals surface area contributed by atoms with Crippen LogP contribution in [0.15, 0.2) is 24.3 Å². The predicted octanol–water partition coefficient (Wildman–Crippen LogP) is 2.01. The average Bonchev–Trinajstić information content (AvgIpc) is 3.28. The number of nitrogens with two attached hydrogens (primary N) is 1. The fourth-order valence-corrected chi connectivity index (χ4v) is 4.15. The lowest BCUT2D eigenvalue weighted by Gasteiger charge is -2.22. The molecule has 1 aromatic rings. The van der Waals surface area contributed by atoms with E-state index in [1.807, 2.05) is 18.2 Å². The number of methoxy groups -OCH3 is 1. The SMILES string of the molecule is COc1ccccc1N1CCC(CNC(=O)[C@@H]2CCC[C@@H]2CN)C1. The Labute approximate surface area is 144 Å². The molecule has 1 heterocycles. The molecule has 5 heteroatoms. The maximum atomic E-state index is 12.4. The topological polar surface area (TPSA) is 67.6 Å². The van der Waals surface area contributed by atoms with Gasteiger partial charge in [0, 0.05) is 25.6 Å². The van der Waals surface area contributed by atoms with Gasteiger partial charge in [0.1, 0.15) is 5.75 Å². The lowest BCUT2D eigenvalue weighted by molar-refractivity contribution is -0.126. The van der Waals surface area contributed by atoms with Gasteiger partial charge < -0.3 is 20.7 Å². The Kier molecular flexibility index (Phi) is 5.61. The molecule has 1 amide bonds. The third-order valence-electron chi connectivity index (χ3n) is 5.58. The van der Waals surface area contributed by atoms with E-state index in [0.29, 0.717) is 18.4 Å². The number of amides is 1. The zero-order chi connectivity index (χ0) is 16.9. The largest absolute Gasteiger partial charge is 0.495 e. The fourth-order valence-electron chi connectivity index (χ4n) is 4.15. The Balaban J connectivity index is 1.50. The van der Waals surface area contributed by atoms with Crippen molar-refractivity contribution >= 4 is 11.6 Å². The van der Waals surface area contributed by atoms with Gasteiger partial charge in [-0.25, -0.2) is 0 Å². The number of nitrogens with zero attached hydrogens (tertiary/aromatic N) is 1. The van der Waals surface area contributed by atoms with E-state index < -0.39 is 0 Å². The minimum Gasteiger partial charge on any atom is -0.495 e. The van der Waals surface area contributed by atoms with Crippen molar-refractivity contribution in [3.8, 4) is 5.75 Å². The molecule has 1 aliphatic carbocycles. The third kappa shape index (κ3) is 3.66. The van der Waals surface area contributed by atoms with Crippen molar-refractivity contribution < 1.29 is 9.53 Å². The number of carbonyl (C=O) groups is 1. The number of para-hydroxylation sites is 2. The summed E-state index contributed by atoms with van der Waals surface area (Å²) in [6, 6.07) is 8.13. The maximum absolute atomic E-state index is 12.4. The highest BCUT2D eigenvalue weighted by Gasteiger charge is 2.32. The summed E-state index contributed by atoms with van der Waals surface area (Å²) in [5, 5.41) is 3.18. The average molecular weight is 331 g/mol. The van der Waals surface area contributed by atoms with Crippen LogP contribution >= 0.6 is 0 Å². The molecular weight excluding hydrogens is 302 g/mol. The first-order chi connectivity index (χ1) is 11.7. The molecule has 0 spiro atoms. The number of carbonyl (C=O) groups excluding carboxylic acids is 1. The number of ether oxygens (including phenoxy) is 1. The van der Waals surface area contributed by atoms with Gasteiger partial charge in [0.2, 0.25) is 5.91 Å². The normalized spacial score (nSPS) is 26.6. The summed E-state index contributed by atoms with van der Waals surface area (Å²) in [6.45, 7) is 3.36. The lowest BCUT2D eigenvalue weighted by atomic mass is 9.95. The molecule has 0 bridgehead atoms. The van der Waals surface area contributed by atoms with E-state index in [0.717, 1.165) is 56.8 Å². The van der Waals surface area contributed by atoms with Gasteiger partial charge in [0.25, 0.3) is 0 Å². The molecule has 1 aromatic carbocycles. The van der Waals surface area contributed by atoms with Crippen LogP contribution in [0.4, 0.5) is 5.69 Å². The van der Waals surface area contributed by atoms with Crippen molar-refractivity contribution in [2.75, 3.05) is 38.2 Å². The second-order valence-corrected chi connectivity index (χ2v) is 7.05. The van der Waals surface area contributed by atoms with Crippen LogP contribution in [-0.2, 0) is 4.79 Å². The Morgan fingerprint density at radius 3 is 2.96 bits per heavy atom. The predicted molar refractivity (Wildman–Crippen MR) is 96.2 cm³/mol. The monoisotopic (exact) mass is 331 g/mol. The van der Waals surface area contributed by atoms with Crippen LogP contribution in [0.2, 0.25) is 0 Å². The first-order valence-corrected chi connectivity index (χ1v) is 9.08. The summed E-state index contributed by atoms with van der Waals surface area (Å²) in [7, 11) is 1.71. The second-order valence-electron chi connectivity index (χ2n) is 7.05. The quantitative estimate of drug-likeness (QED) is 0.837. The Morgan fingerprint density at radius 2 is 2.17 bits per heavy atom. The smallest absolute Gasteiger partial charge is 0.223 e. The van der Waals surface area contributed by atoms with Crippen LogP contribution in [0.25, 0.3) is 0 Å². The van der Waals surface area contributed by atoms with E-state index in [2.05, 4.69) is 16.3 Å².